The summed E-state index contributed by atoms with van der Waals surface area (Å²) in [5.74, 6) is -1.97. The molecule has 11 heteroatoms. The summed E-state index contributed by atoms with van der Waals surface area (Å²) in [7, 11) is 0. The average Bonchev–Trinajstić information content (AvgIpc) is 3.34. The van der Waals surface area contributed by atoms with Gasteiger partial charge in [0.25, 0.3) is 0 Å². The van der Waals surface area contributed by atoms with Gasteiger partial charge in [-0.05, 0) is 39.7 Å². The number of carbonyl (C=O) groups excluding carboxylic acids is 1. The van der Waals surface area contributed by atoms with Crippen LogP contribution in [0.2, 0.25) is 0 Å². The molecule has 0 N–H and O–H groups in total. The summed E-state index contributed by atoms with van der Waals surface area (Å²) in [6, 6.07) is 0.686. The molecule has 8 nitrogen and oxygen atoms in total. The van der Waals surface area contributed by atoms with Crippen molar-refractivity contribution in [1.29, 1.82) is 0 Å². The lowest BCUT2D eigenvalue weighted by Gasteiger charge is -2.16. The Morgan fingerprint density at radius 1 is 1.30 bits per heavy atom. The predicted octanol–water partition coefficient (Wildman–Crippen LogP) is 2.74. The van der Waals surface area contributed by atoms with E-state index >= 15 is 0 Å². The fraction of sp³-hybridized carbons (Fsp3) is 0.562. The van der Waals surface area contributed by atoms with Crippen LogP contribution in [-0.2, 0) is 22.4 Å². The second-order valence-electron chi connectivity index (χ2n) is 7.28. The highest BCUT2D eigenvalue weighted by Crippen LogP contribution is 2.40. The van der Waals surface area contributed by atoms with Gasteiger partial charge in [-0.15, -0.1) is 0 Å². The topological polar surface area (TPSA) is 100 Å². The Morgan fingerprint density at radius 2 is 1.96 bits per heavy atom. The zero-order valence-electron chi connectivity index (χ0n) is 14.8. The van der Waals surface area contributed by atoms with Crippen LogP contribution >= 0.6 is 0 Å². The molecule has 0 bridgehead atoms. The van der Waals surface area contributed by atoms with Gasteiger partial charge in [-0.2, -0.15) is 13.2 Å². The Bertz CT molecular complexity index is 923. The first-order chi connectivity index (χ1) is 12.5. The fourth-order valence-corrected chi connectivity index (χ4v) is 2.16. The molecule has 0 aromatic carbocycles. The molecule has 0 saturated heterocycles. The SMILES string of the molecule is CC(C)(C)C(=O)OCn1c(-c2cc(C(F)(F)F)nc(C3CC3)n2)noc1=O. The van der Waals surface area contributed by atoms with Crippen molar-refractivity contribution < 1.29 is 27.2 Å². The molecule has 1 saturated carbocycles. The minimum Gasteiger partial charge on any atom is -0.443 e. The molecule has 0 atom stereocenters. The molecule has 3 rings (SSSR count). The summed E-state index contributed by atoms with van der Waals surface area (Å²) in [6.45, 7) is 4.30. The third-order valence-corrected chi connectivity index (χ3v) is 3.83. The van der Waals surface area contributed by atoms with Crippen molar-refractivity contribution in [2.45, 2.75) is 52.4 Å². The van der Waals surface area contributed by atoms with Crippen molar-refractivity contribution in [2.75, 3.05) is 0 Å². The molecule has 27 heavy (non-hydrogen) atoms. The van der Waals surface area contributed by atoms with Gasteiger partial charge in [-0.1, -0.05) is 5.16 Å². The van der Waals surface area contributed by atoms with E-state index in [2.05, 4.69) is 19.6 Å². The first-order valence-electron chi connectivity index (χ1n) is 8.17. The standard InChI is InChI=1S/C16H17F3N4O4/c1-15(2,3)13(24)26-7-23-12(22-27-14(23)25)9-6-10(16(17,18)19)21-11(20-9)8-4-5-8/h6,8H,4-5,7H2,1-3H3. The normalized spacial score (nSPS) is 15.0. The van der Waals surface area contributed by atoms with E-state index < -0.39 is 35.7 Å². The van der Waals surface area contributed by atoms with Gasteiger partial charge in [-0.3, -0.25) is 9.32 Å². The van der Waals surface area contributed by atoms with Crippen LogP contribution in [0.4, 0.5) is 13.2 Å². The molecule has 1 fully saturated rings. The Balaban J connectivity index is 1.98. The van der Waals surface area contributed by atoms with Crippen LogP contribution < -0.4 is 5.76 Å². The number of carbonyl (C=O) groups is 1. The minimum atomic E-state index is -4.69. The van der Waals surface area contributed by atoms with Gasteiger partial charge in [0.05, 0.1) is 5.41 Å². The van der Waals surface area contributed by atoms with E-state index in [-0.39, 0.29) is 23.3 Å². The molecule has 0 spiro atoms. The Kier molecular flexibility index (Phi) is 4.56. The van der Waals surface area contributed by atoms with E-state index in [1.807, 2.05) is 0 Å². The monoisotopic (exact) mass is 386 g/mol. The van der Waals surface area contributed by atoms with Gasteiger partial charge < -0.3 is 4.74 Å². The second-order valence-corrected chi connectivity index (χ2v) is 7.28. The highest BCUT2D eigenvalue weighted by atomic mass is 19.4. The maximum absolute atomic E-state index is 13.2. The summed E-state index contributed by atoms with van der Waals surface area (Å²) in [5, 5.41) is 3.50. The minimum absolute atomic E-state index is 0.0357. The molecular weight excluding hydrogens is 369 g/mol. The fourth-order valence-electron chi connectivity index (χ4n) is 2.16. The van der Waals surface area contributed by atoms with Crippen molar-refractivity contribution in [1.82, 2.24) is 19.7 Å². The van der Waals surface area contributed by atoms with Gasteiger partial charge in [0, 0.05) is 5.92 Å². The largest absolute Gasteiger partial charge is 0.444 e. The number of hydrogen-bond acceptors (Lipinski definition) is 7. The smallest absolute Gasteiger partial charge is 0.443 e. The third-order valence-electron chi connectivity index (χ3n) is 3.83. The number of ether oxygens (including phenoxy) is 1. The summed E-state index contributed by atoms with van der Waals surface area (Å²) in [4.78, 5) is 31.4. The van der Waals surface area contributed by atoms with Gasteiger partial charge in [0.2, 0.25) is 5.82 Å². The van der Waals surface area contributed by atoms with E-state index in [0.717, 1.165) is 4.57 Å². The van der Waals surface area contributed by atoms with Crippen LogP contribution in [0.15, 0.2) is 15.4 Å². The first-order valence-corrected chi connectivity index (χ1v) is 8.17. The van der Waals surface area contributed by atoms with E-state index in [9.17, 15) is 22.8 Å². The van der Waals surface area contributed by atoms with Crippen molar-refractivity contribution >= 4 is 5.97 Å². The maximum Gasteiger partial charge on any atom is 0.444 e. The molecule has 0 amide bonds. The number of nitrogens with zero attached hydrogens (tertiary/aromatic N) is 4. The number of aromatic nitrogens is 4. The molecule has 1 aliphatic carbocycles. The predicted molar refractivity (Wildman–Crippen MR) is 84.3 cm³/mol. The Hall–Kier alpha value is -2.72. The molecule has 0 unspecified atom stereocenters. The van der Waals surface area contributed by atoms with E-state index in [4.69, 9.17) is 4.74 Å². The summed E-state index contributed by atoms with van der Waals surface area (Å²) < 4.78 is 49.9. The van der Waals surface area contributed by atoms with E-state index in [1.54, 1.807) is 20.8 Å². The van der Waals surface area contributed by atoms with Gasteiger partial charge in [-0.25, -0.2) is 19.3 Å². The van der Waals surface area contributed by atoms with Crippen LogP contribution in [0.3, 0.4) is 0 Å². The van der Waals surface area contributed by atoms with Crippen molar-refractivity contribution in [3.8, 4) is 11.5 Å². The molecule has 0 radical (unpaired) electrons. The Morgan fingerprint density at radius 3 is 2.52 bits per heavy atom. The van der Waals surface area contributed by atoms with Gasteiger partial charge in [0.15, 0.2) is 6.73 Å². The quantitative estimate of drug-likeness (QED) is 0.745. The first kappa shape index (κ1) is 19.1. The molecular formula is C16H17F3N4O4. The van der Waals surface area contributed by atoms with Crippen molar-refractivity contribution in [3.63, 3.8) is 0 Å². The maximum atomic E-state index is 13.2. The van der Waals surface area contributed by atoms with Gasteiger partial charge in [0.1, 0.15) is 17.2 Å². The van der Waals surface area contributed by atoms with E-state index in [1.165, 1.54) is 0 Å². The zero-order chi connectivity index (χ0) is 20.0. The van der Waals surface area contributed by atoms with Crippen LogP contribution in [0.25, 0.3) is 11.5 Å². The lowest BCUT2D eigenvalue weighted by molar-refractivity contribution is -0.157. The average molecular weight is 386 g/mol. The summed E-state index contributed by atoms with van der Waals surface area (Å²) >= 11 is 0. The number of esters is 1. The van der Waals surface area contributed by atoms with Crippen LogP contribution in [-0.4, -0.2) is 25.7 Å². The van der Waals surface area contributed by atoms with Crippen LogP contribution in [0.1, 0.15) is 51.0 Å². The number of halogens is 3. The van der Waals surface area contributed by atoms with E-state index in [0.29, 0.717) is 18.9 Å². The molecule has 2 heterocycles. The lowest BCUT2D eigenvalue weighted by atomic mass is 9.98. The van der Waals surface area contributed by atoms with Crippen molar-refractivity contribution in [2.24, 2.45) is 5.41 Å². The molecule has 2 aromatic rings. The Labute approximate surface area is 151 Å². The number of alkyl halides is 3. The summed E-state index contributed by atoms with van der Waals surface area (Å²) in [6.07, 6.45) is -3.31. The molecule has 1 aliphatic rings. The van der Waals surface area contributed by atoms with Crippen LogP contribution in [0.5, 0.6) is 0 Å². The summed E-state index contributed by atoms with van der Waals surface area (Å²) in [5.41, 5.74) is -2.18. The molecule has 2 aromatic heterocycles. The van der Waals surface area contributed by atoms with Crippen LogP contribution in [0, 0.1) is 5.41 Å². The lowest BCUT2D eigenvalue weighted by Crippen LogP contribution is -2.27. The third kappa shape index (κ3) is 4.17. The highest BCUT2D eigenvalue weighted by Gasteiger charge is 2.37. The highest BCUT2D eigenvalue weighted by molar-refractivity contribution is 5.75. The number of rotatable bonds is 4. The van der Waals surface area contributed by atoms with Crippen molar-refractivity contribution in [3.05, 3.63) is 28.1 Å². The zero-order valence-corrected chi connectivity index (χ0v) is 14.8. The molecule has 146 valence electrons. The second kappa shape index (κ2) is 6.46. The van der Waals surface area contributed by atoms with Gasteiger partial charge >= 0.3 is 17.9 Å². The molecule has 0 aliphatic heterocycles. The number of hydrogen-bond donors (Lipinski definition) is 0.